The molecule has 0 saturated heterocycles. The molecule has 0 spiro atoms. The van der Waals surface area contributed by atoms with Crippen LogP contribution in [0.1, 0.15) is 42.9 Å². The van der Waals surface area contributed by atoms with Crippen molar-refractivity contribution < 1.29 is 23.8 Å². The molecule has 26 heavy (non-hydrogen) atoms. The SMILES string of the molecule is CCCCCc1ccc(Oc2c(C)cc(P(=O)(O)NO)cc2C)cc1F. The summed E-state index contributed by atoms with van der Waals surface area (Å²) in [4.78, 5) is 9.68. The molecule has 0 aromatic heterocycles. The molecule has 2 aromatic carbocycles. The van der Waals surface area contributed by atoms with Gasteiger partial charge in [0.2, 0.25) is 0 Å². The third-order valence-corrected chi connectivity index (χ3v) is 5.45. The Morgan fingerprint density at radius 1 is 1.15 bits per heavy atom. The third kappa shape index (κ3) is 4.92. The second-order valence-electron chi connectivity index (χ2n) is 6.40. The van der Waals surface area contributed by atoms with Gasteiger partial charge in [-0.15, -0.1) is 5.25 Å². The van der Waals surface area contributed by atoms with E-state index in [4.69, 9.17) is 9.94 Å². The van der Waals surface area contributed by atoms with Crippen molar-refractivity contribution in [1.82, 2.24) is 5.25 Å². The van der Waals surface area contributed by atoms with Crippen molar-refractivity contribution in [3.63, 3.8) is 0 Å². The molecule has 0 aliphatic heterocycles. The molecule has 0 aliphatic rings. The minimum absolute atomic E-state index is 0.0693. The lowest BCUT2D eigenvalue weighted by Gasteiger charge is -2.16. The summed E-state index contributed by atoms with van der Waals surface area (Å²) in [5.74, 6) is 0.563. The number of aryl methyl sites for hydroxylation is 3. The fourth-order valence-corrected chi connectivity index (χ4v) is 3.65. The molecule has 2 aromatic rings. The Hall–Kier alpha value is -1.72. The second-order valence-corrected chi connectivity index (χ2v) is 8.27. The van der Waals surface area contributed by atoms with Crippen LogP contribution in [0.2, 0.25) is 0 Å². The van der Waals surface area contributed by atoms with Crippen LogP contribution in [0.3, 0.4) is 0 Å². The van der Waals surface area contributed by atoms with Crippen LogP contribution in [-0.2, 0) is 11.0 Å². The Morgan fingerprint density at radius 2 is 1.81 bits per heavy atom. The van der Waals surface area contributed by atoms with E-state index in [1.807, 2.05) is 0 Å². The van der Waals surface area contributed by atoms with Gasteiger partial charge in [-0.3, -0.25) is 4.57 Å². The third-order valence-electron chi connectivity index (χ3n) is 4.22. The average Bonchev–Trinajstić information content (AvgIpc) is 2.59. The number of unbranched alkanes of at least 4 members (excludes halogenated alkanes) is 2. The number of hydrogen-bond donors (Lipinski definition) is 3. The van der Waals surface area contributed by atoms with Gasteiger partial charge in [-0.1, -0.05) is 25.8 Å². The van der Waals surface area contributed by atoms with Crippen LogP contribution in [0, 0.1) is 19.7 Å². The lowest BCUT2D eigenvalue weighted by Crippen LogP contribution is -2.16. The summed E-state index contributed by atoms with van der Waals surface area (Å²) in [6, 6.07) is 7.74. The highest BCUT2D eigenvalue weighted by Gasteiger charge is 2.22. The number of hydrogen-bond acceptors (Lipinski definition) is 3. The van der Waals surface area contributed by atoms with Crippen molar-refractivity contribution in [3.05, 3.63) is 52.8 Å². The minimum atomic E-state index is -4.02. The molecule has 0 aliphatic carbocycles. The predicted octanol–water partition coefficient (Wildman–Crippen LogP) is 4.76. The van der Waals surface area contributed by atoms with E-state index >= 15 is 0 Å². The summed E-state index contributed by atoms with van der Waals surface area (Å²) in [5, 5.41) is 10.3. The van der Waals surface area contributed by atoms with E-state index in [1.165, 1.54) is 23.4 Å². The van der Waals surface area contributed by atoms with Crippen LogP contribution < -0.4 is 15.3 Å². The first-order valence-corrected chi connectivity index (χ1v) is 10.3. The van der Waals surface area contributed by atoms with Gasteiger partial charge in [-0.25, -0.2) is 4.39 Å². The highest BCUT2D eigenvalue weighted by Crippen LogP contribution is 2.37. The van der Waals surface area contributed by atoms with Crippen LogP contribution in [0.4, 0.5) is 4.39 Å². The summed E-state index contributed by atoms with van der Waals surface area (Å²) < 4.78 is 31.9. The van der Waals surface area contributed by atoms with Gasteiger partial charge in [0, 0.05) is 6.07 Å². The second kappa shape index (κ2) is 8.78. The number of halogens is 1. The molecule has 7 heteroatoms. The van der Waals surface area contributed by atoms with E-state index in [1.54, 1.807) is 26.0 Å². The monoisotopic (exact) mass is 381 g/mol. The van der Waals surface area contributed by atoms with E-state index in [-0.39, 0.29) is 11.1 Å². The number of rotatable bonds is 8. The molecule has 0 fully saturated rings. The van der Waals surface area contributed by atoms with Gasteiger partial charge in [0.15, 0.2) is 0 Å². The summed E-state index contributed by atoms with van der Waals surface area (Å²) in [6.45, 7) is 5.55. The van der Waals surface area contributed by atoms with Crippen molar-refractivity contribution in [1.29, 1.82) is 0 Å². The largest absolute Gasteiger partial charge is 0.457 e. The van der Waals surface area contributed by atoms with E-state index in [2.05, 4.69) is 6.92 Å². The zero-order valence-corrected chi connectivity index (χ0v) is 16.1. The molecule has 3 N–H and O–H groups in total. The lowest BCUT2D eigenvalue weighted by molar-refractivity contribution is 0.226. The first kappa shape index (κ1) is 20.6. The van der Waals surface area contributed by atoms with Gasteiger partial charge in [-0.2, -0.15) is 0 Å². The maximum Gasteiger partial charge on any atom is 0.319 e. The fourth-order valence-electron chi connectivity index (χ4n) is 2.80. The molecule has 1 unspecified atom stereocenters. The molecule has 0 amide bonds. The highest BCUT2D eigenvalue weighted by molar-refractivity contribution is 7.63. The summed E-state index contributed by atoms with van der Waals surface area (Å²) >= 11 is 0. The van der Waals surface area contributed by atoms with Gasteiger partial charge in [0.05, 0.1) is 5.30 Å². The quantitative estimate of drug-likeness (QED) is 0.349. The Morgan fingerprint density at radius 3 is 2.35 bits per heavy atom. The maximum atomic E-state index is 14.3. The molecule has 0 saturated carbocycles. The number of benzene rings is 2. The smallest absolute Gasteiger partial charge is 0.319 e. The van der Waals surface area contributed by atoms with Crippen LogP contribution in [0.5, 0.6) is 11.5 Å². The van der Waals surface area contributed by atoms with E-state index in [0.29, 0.717) is 34.6 Å². The van der Waals surface area contributed by atoms with Gasteiger partial charge in [0.25, 0.3) is 0 Å². The van der Waals surface area contributed by atoms with Crippen LogP contribution in [-0.4, -0.2) is 10.1 Å². The Labute approximate surface area is 153 Å². The fraction of sp³-hybridized carbons (Fsp3) is 0.368. The molecule has 0 bridgehead atoms. The molecule has 0 radical (unpaired) electrons. The lowest BCUT2D eigenvalue weighted by atomic mass is 10.1. The predicted molar refractivity (Wildman–Crippen MR) is 100 cm³/mol. The Balaban J connectivity index is 2.23. The molecular formula is C19H25FNO4P. The first-order chi connectivity index (χ1) is 12.3. The summed E-state index contributed by atoms with van der Waals surface area (Å²) in [7, 11) is -4.02. The Kier molecular flexibility index (Phi) is 6.95. The van der Waals surface area contributed by atoms with Crippen molar-refractivity contribution in [2.75, 3.05) is 0 Å². The molecule has 2 rings (SSSR count). The molecule has 0 heterocycles. The molecule has 5 nitrogen and oxygen atoms in total. The number of nitrogens with one attached hydrogen (secondary N) is 1. The normalized spacial score (nSPS) is 13.5. The minimum Gasteiger partial charge on any atom is -0.457 e. The van der Waals surface area contributed by atoms with E-state index in [0.717, 1.165) is 19.3 Å². The van der Waals surface area contributed by atoms with Crippen molar-refractivity contribution in [2.45, 2.75) is 46.5 Å². The standard InChI is InChI=1S/C19H25FNO4P/c1-4-5-6-7-15-8-9-16(12-18(15)20)25-19-13(2)10-17(11-14(19)3)26(23,24)21-22/h8-12,22H,4-7H2,1-3H3,(H2,21,23,24). The van der Waals surface area contributed by atoms with Crippen molar-refractivity contribution in [3.8, 4) is 11.5 Å². The van der Waals surface area contributed by atoms with Gasteiger partial charge in [-0.05, 0) is 61.6 Å². The van der Waals surface area contributed by atoms with Crippen molar-refractivity contribution >= 4 is 12.8 Å². The van der Waals surface area contributed by atoms with E-state index in [9.17, 15) is 13.8 Å². The topological polar surface area (TPSA) is 78.8 Å². The maximum absolute atomic E-state index is 14.3. The van der Waals surface area contributed by atoms with Gasteiger partial charge in [0.1, 0.15) is 17.3 Å². The van der Waals surface area contributed by atoms with Crippen LogP contribution >= 0.6 is 7.52 Å². The number of ether oxygens (including phenoxy) is 1. The van der Waals surface area contributed by atoms with Crippen LogP contribution in [0.15, 0.2) is 30.3 Å². The Bertz CT molecular complexity index is 802. The first-order valence-electron chi connectivity index (χ1n) is 8.60. The van der Waals surface area contributed by atoms with Gasteiger partial charge >= 0.3 is 7.52 Å². The molecule has 1 atom stereocenters. The average molecular weight is 381 g/mol. The summed E-state index contributed by atoms with van der Waals surface area (Å²) in [5.41, 5.74) is 1.89. The summed E-state index contributed by atoms with van der Waals surface area (Å²) in [6.07, 6.45) is 3.81. The van der Waals surface area contributed by atoms with Gasteiger partial charge < -0.3 is 14.8 Å². The van der Waals surface area contributed by atoms with E-state index < -0.39 is 7.52 Å². The zero-order valence-electron chi connectivity index (χ0n) is 15.3. The van der Waals surface area contributed by atoms with Crippen LogP contribution in [0.25, 0.3) is 0 Å². The highest BCUT2D eigenvalue weighted by atomic mass is 31.2. The molecular weight excluding hydrogens is 356 g/mol. The van der Waals surface area contributed by atoms with Crippen molar-refractivity contribution in [2.24, 2.45) is 0 Å². The zero-order chi connectivity index (χ0) is 19.3. The molecule has 142 valence electrons.